The molecule has 0 N–H and O–H groups in total. The maximum absolute atomic E-state index is 10.6. The highest BCUT2D eigenvalue weighted by molar-refractivity contribution is 7.27. The quantitative estimate of drug-likeness (QED) is 0.523. The van der Waals surface area contributed by atoms with Crippen molar-refractivity contribution >= 4 is 49.4 Å². The first kappa shape index (κ1) is 10.8. The highest BCUT2D eigenvalue weighted by Gasteiger charge is 2.13. The van der Waals surface area contributed by atoms with Crippen LogP contribution < -0.4 is 0 Å². The Morgan fingerprint density at radius 1 is 1.11 bits per heavy atom. The van der Waals surface area contributed by atoms with Crippen LogP contribution in [0.4, 0.5) is 0 Å². The number of aldehydes is 1. The largest absolute Gasteiger partial charge is 0.451 e. The van der Waals surface area contributed by atoms with Crippen molar-refractivity contribution in [3.05, 3.63) is 35.5 Å². The summed E-state index contributed by atoms with van der Waals surface area (Å²) in [6.45, 7) is 0. The van der Waals surface area contributed by atoms with Crippen LogP contribution in [0.2, 0.25) is 0 Å². The van der Waals surface area contributed by atoms with Crippen LogP contribution in [0.15, 0.2) is 34.2 Å². The topological polar surface area (TPSA) is 56.0 Å². The Labute approximate surface area is 115 Å². The molecule has 92 valence electrons. The molecular weight excluding hydrogens is 280 g/mol. The maximum Gasteiger partial charge on any atom is 0.185 e. The predicted molar refractivity (Wildman–Crippen MR) is 75.9 cm³/mol. The summed E-state index contributed by atoms with van der Waals surface area (Å²) in [5.41, 5.74) is 3.75. The summed E-state index contributed by atoms with van der Waals surface area (Å²) in [5, 5.41) is 0.781. The Bertz CT molecular complexity index is 904. The molecule has 0 atom stereocenters. The first-order valence-electron chi connectivity index (χ1n) is 5.53. The molecule has 0 bridgehead atoms. The molecule has 0 fully saturated rings. The standard InChI is InChI=1S/C13H6N2O2S2/c16-5-7-1-4-10(17-7)13-15-9-3-2-8-11(12(9)19-13)18-6-14-8/h1-6H. The van der Waals surface area contributed by atoms with Crippen molar-refractivity contribution < 1.29 is 9.21 Å². The Morgan fingerprint density at radius 3 is 2.84 bits per heavy atom. The van der Waals surface area contributed by atoms with Gasteiger partial charge in [0.25, 0.3) is 0 Å². The molecule has 4 nitrogen and oxygen atoms in total. The average molecular weight is 286 g/mol. The molecule has 4 aromatic rings. The normalized spacial score (nSPS) is 11.4. The van der Waals surface area contributed by atoms with Gasteiger partial charge in [-0.25, -0.2) is 9.97 Å². The zero-order valence-corrected chi connectivity index (χ0v) is 11.1. The van der Waals surface area contributed by atoms with Crippen LogP contribution in [0.5, 0.6) is 0 Å². The summed E-state index contributed by atoms with van der Waals surface area (Å²) >= 11 is 3.17. The molecule has 0 unspecified atom stereocenters. The van der Waals surface area contributed by atoms with E-state index in [-0.39, 0.29) is 0 Å². The second-order valence-corrected chi connectivity index (χ2v) is 5.81. The van der Waals surface area contributed by atoms with Crippen LogP contribution in [-0.2, 0) is 0 Å². The fourth-order valence-electron chi connectivity index (χ4n) is 1.95. The van der Waals surface area contributed by atoms with Gasteiger partial charge in [-0.2, -0.15) is 0 Å². The smallest absolute Gasteiger partial charge is 0.185 e. The van der Waals surface area contributed by atoms with E-state index in [4.69, 9.17) is 4.42 Å². The Hall–Kier alpha value is -2.05. The van der Waals surface area contributed by atoms with Crippen LogP contribution in [0.25, 0.3) is 31.2 Å². The van der Waals surface area contributed by atoms with Gasteiger partial charge in [0.05, 0.1) is 25.9 Å². The zero-order chi connectivity index (χ0) is 12.8. The fourth-order valence-corrected chi connectivity index (χ4v) is 3.90. The van der Waals surface area contributed by atoms with Crippen LogP contribution in [0.3, 0.4) is 0 Å². The third kappa shape index (κ3) is 1.61. The monoisotopic (exact) mass is 286 g/mol. The van der Waals surface area contributed by atoms with E-state index in [9.17, 15) is 4.79 Å². The van der Waals surface area contributed by atoms with Crippen molar-refractivity contribution in [3.63, 3.8) is 0 Å². The van der Waals surface area contributed by atoms with Gasteiger partial charge < -0.3 is 4.42 Å². The van der Waals surface area contributed by atoms with Gasteiger partial charge >= 0.3 is 0 Å². The van der Waals surface area contributed by atoms with Gasteiger partial charge in [-0.1, -0.05) is 0 Å². The zero-order valence-electron chi connectivity index (χ0n) is 9.49. The Kier molecular flexibility index (Phi) is 2.27. The number of nitrogens with zero attached hydrogens (tertiary/aromatic N) is 2. The number of carbonyl (C=O) groups excluding carboxylic acids is 1. The molecule has 19 heavy (non-hydrogen) atoms. The number of fused-ring (bicyclic) bond motifs is 3. The summed E-state index contributed by atoms with van der Waals surface area (Å²) in [7, 11) is 0. The van der Waals surface area contributed by atoms with E-state index in [1.165, 1.54) is 0 Å². The lowest BCUT2D eigenvalue weighted by Crippen LogP contribution is -1.72. The number of carbonyl (C=O) groups is 1. The van der Waals surface area contributed by atoms with Gasteiger partial charge in [0.1, 0.15) is 0 Å². The molecule has 4 rings (SSSR count). The molecule has 1 aromatic carbocycles. The lowest BCUT2D eigenvalue weighted by atomic mass is 10.3. The molecule has 6 heteroatoms. The third-order valence-corrected chi connectivity index (χ3v) is 4.90. The summed E-state index contributed by atoms with van der Waals surface area (Å²) in [5.74, 6) is 0.943. The number of rotatable bonds is 2. The molecular formula is C13H6N2O2S2. The van der Waals surface area contributed by atoms with Crippen molar-refractivity contribution in [3.8, 4) is 10.8 Å². The van der Waals surface area contributed by atoms with Crippen LogP contribution >= 0.6 is 22.7 Å². The van der Waals surface area contributed by atoms with E-state index in [0.717, 1.165) is 25.4 Å². The van der Waals surface area contributed by atoms with E-state index >= 15 is 0 Å². The van der Waals surface area contributed by atoms with Gasteiger partial charge in [0, 0.05) is 0 Å². The Morgan fingerprint density at radius 2 is 2.00 bits per heavy atom. The molecule has 0 aliphatic rings. The maximum atomic E-state index is 10.6. The minimum atomic E-state index is 0.317. The molecule has 0 amide bonds. The molecule has 3 aromatic heterocycles. The van der Waals surface area contributed by atoms with Crippen LogP contribution in [0.1, 0.15) is 10.6 Å². The van der Waals surface area contributed by atoms with Gasteiger partial charge in [0.15, 0.2) is 22.8 Å². The van der Waals surface area contributed by atoms with Crippen LogP contribution in [-0.4, -0.2) is 16.3 Å². The number of aromatic nitrogens is 2. The first-order chi connectivity index (χ1) is 9.35. The molecule has 0 radical (unpaired) electrons. The highest BCUT2D eigenvalue weighted by Crippen LogP contribution is 2.36. The number of thiazole rings is 2. The lowest BCUT2D eigenvalue weighted by Gasteiger charge is -1.87. The van der Waals surface area contributed by atoms with Gasteiger partial charge in [-0.05, 0) is 24.3 Å². The Balaban J connectivity index is 1.97. The molecule has 0 aliphatic heterocycles. The molecule has 0 aliphatic carbocycles. The molecule has 0 spiro atoms. The third-order valence-electron chi connectivity index (χ3n) is 2.81. The second kappa shape index (κ2) is 3.97. The lowest BCUT2D eigenvalue weighted by molar-refractivity contribution is 0.110. The van der Waals surface area contributed by atoms with Crippen molar-refractivity contribution in [1.29, 1.82) is 0 Å². The van der Waals surface area contributed by atoms with Crippen molar-refractivity contribution in [2.45, 2.75) is 0 Å². The minimum Gasteiger partial charge on any atom is -0.451 e. The second-order valence-electron chi connectivity index (χ2n) is 3.95. The minimum absolute atomic E-state index is 0.317. The fraction of sp³-hybridized carbons (Fsp3) is 0. The number of hydrogen-bond acceptors (Lipinski definition) is 6. The first-order valence-corrected chi connectivity index (χ1v) is 7.23. The van der Waals surface area contributed by atoms with Crippen LogP contribution in [0, 0.1) is 0 Å². The van der Waals surface area contributed by atoms with Crippen molar-refractivity contribution in [1.82, 2.24) is 9.97 Å². The van der Waals surface area contributed by atoms with Crippen molar-refractivity contribution in [2.24, 2.45) is 0 Å². The van der Waals surface area contributed by atoms with Gasteiger partial charge in [-0.3, -0.25) is 4.79 Å². The van der Waals surface area contributed by atoms with Gasteiger partial charge in [-0.15, -0.1) is 22.7 Å². The van der Waals surface area contributed by atoms with Gasteiger partial charge in [0.2, 0.25) is 0 Å². The summed E-state index contributed by atoms with van der Waals surface area (Å²) in [6, 6.07) is 7.35. The summed E-state index contributed by atoms with van der Waals surface area (Å²) in [6.07, 6.45) is 0.693. The van der Waals surface area contributed by atoms with E-state index in [2.05, 4.69) is 9.97 Å². The SMILES string of the molecule is O=Cc1ccc(-c2nc3ccc4ncsc4c3s2)o1. The molecule has 0 saturated carbocycles. The summed E-state index contributed by atoms with van der Waals surface area (Å²) < 4.78 is 7.66. The van der Waals surface area contributed by atoms with E-state index in [1.54, 1.807) is 34.8 Å². The highest BCUT2D eigenvalue weighted by atomic mass is 32.1. The molecule has 0 saturated heterocycles. The molecule has 3 heterocycles. The van der Waals surface area contributed by atoms with Crippen molar-refractivity contribution in [2.75, 3.05) is 0 Å². The average Bonchev–Trinajstić information content (AvgIpc) is 3.15. The number of hydrogen-bond donors (Lipinski definition) is 0. The summed E-state index contributed by atoms with van der Waals surface area (Å²) in [4.78, 5) is 19.5. The number of furan rings is 1. The predicted octanol–water partition coefficient (Wildman–Crippen LogP) is 3.98. The van der Waals surface area contributed by atoms with E-state index < -0.39 is 0 Å². The number of benzene rings is 1. The van der Waals surface area contributed by atoms with E-state index in [0.29, 0.717) is 17.8 Å². The van der Waals surface area contributed by atoms with E-state index in [1.807, 2.05) is 17.6 Å².